The molecule has 136 valence electrons. The molecule has 0 spiro atoms. The first kappa shape index (κ1) is 16.5. The maximum Gasteiger partial charge on any atom is 0.242 e. The monoisotopic (exact) mass is 357 g/mol. The molecule has 2 bridgehead atoms. The molecule has 1 heterocycles. The lowest BCUT2D eigenvalue weighted by molar-refractivity contribution is -0.159. The van der Waals surface area contributed by atoms with Crippen molar-refractivity contribution in [1.82, 2.24) is 0 Å². The summed E-state index contributed by atoms with van der Waals surface area (Å²) in [6, 6.07) is 9.36. The molecule has 0 unspecified atom stereocenters. The molecule has 1 aromatic rings. The Balaban J connectivity index is 1.78. The van der Waals surface area contributed by atoms with Crippen LogP contribution in [-0.2, 0) is 9.59 Å². The summed E-state index contributed by atoms with van der Waals surface area (Å²) in [6.45, 7) is 8.12. The molecule has 1 aromatic carbocycles. The number of amides is 2. The maximum absolute atomic E-state index is 13.9. The van der Waals surface area contributed by atoms with Crippen LogP contribution >= 0.6 is 0 Å². The van der Waals surface area contributed by atoms with E-state index >= 15 is 0 Å². The Labute approximate surface area is 159 Å². The van der Waals surface area contributed by atoms with Gasteiger partial charge in [0.05, 0.1) is 16.5 Å². The first-order chi connectivity index (χ1) is 13.1. The summed E-state index contributed by atoms with van der Waals surface area (Å²) >= 11 is 0. The minimum Gasteiger partial charge on any atom is -0.273 e. The van der Waals surface area contributed by atoms with Crippen molar-refractivity contribution < 1.29 is 9.59 Å². The molecule has 4 aliphatic carbocycles. The van der Waals surface area contributed by atoms with Crippen molar-refractivity contribution in [2.75, 3.05) is 4.90 Å². The van der Waals surface area contributed by atoms with Crippen LogP contribution in [0.15, 0.2) is 79.9 Å². The fraction of sp³-hybridized carbons (Fsp3) is 0.333. The van der Waals surface area contributed by atoms with Gasteiger partial charge in [0, 0.05) is 0 Å². The molecule has 5 aliphatic rings. The third-order valence-electron chi connectivity index (χ3n) is 7.51. The molecular formula is C24H23NO2. The Morgan fingerprint density at radius 1 is 0.852 bits per heavy atom. The second-order valence-electron chi connectivity index (χ2n) is 8.17. The van der Waals surface area contributed by atoms with Crippen LogP contribution in [-0.4, -0.2) is 11.8 Å². The minimum atomic E-state index is -0.716. The largest absolute Gasteiger partial charge is 0.273 e. The van der Waals surface area contributed by atoms with Gasteiger partial charge in [-0.1, -0.05) is 54.7 Å². The highest BCUT2D eigenvalue weighted by molar-refractivity contribution is 6.26. The Morgan fingerprint density at radius 2 is 1.33 bits per heavy atom. The highest BCUT2D eigenvalue weighted by Crippen LogP contribution is 2.72. The van der Waals surface area contributed by atoms with E-state index in [1.54, 1.807) is 0 Å². The lowest BCUT2D eigenvalue weighted by atomic mass is 9.38. The van der Waals surface area contributed by atoms with Gasteiger partial charge in [0.1, 0.15) is 0 Å². The van der Waals surface area contributed by atoms with Gasteiger partial charge in [-0.25, -0.2) is 4.90 Å². The molecule has 0 radical (unpaired) electrons. The second-order valence-corrected chi connectivity index (χ2v) is 8.17. The number of hydrogen-bond acceptors (Lipinski definition) is 2. The van der Waals surface area contributed by atoms with E-state index in [1.165, 1.54) is 4.90 Å². The van der Waals surface area contributed by atoms with E-state index in [9.17, 15) is 9.59 Å². The summed E-state index contributed by atoms with van der Waals surface area (Å²) in [6.07, 6.45) is 13.7. The molecule has 27 heavy (non-hydrogen) atoms. The number of carbonyl (C=O) groups is 2. The van der Waals surface area contributed by atoms with E-state index in [2.05, 4.69) is 37.5 Å². The zero-order valence-corrected chi connectivity index (χ0v) is 15.3. The van der Waals surface area contributed by atoms with E-state index in [4.69, 9.17) is 0 Å². The molecule has 0 aromatic heterocycles. The predicted octanol–water partition coefficient (Wildman–Crippen LogP) is 4.30. The number of imide groups is 1. The molecule has 2 amide bonds. The van der Waals surface area contributed by atoms with E-state index in [-0.39, 0.29) is 35.5 Å². The molecule has 3 nitrogen and oxygen atoms in total. The molecular weight excluding hydrogens is 334 g/mol. The van der Waals surface area contributed by atoms with Crippen LogP contribution in [0.2, 0.25) is 0 Å². The third-order valence-corrected chi connectivity index (χ3v) is 7.51. The van der Waals surface area contributed by atoms with Gasteiger partial charge in [0.25, 0.3) is 0 Å². The van der Waals surface area contributed by atoms with Gasteiger partial charge < -0.3 is 0 Å². The number of para-hydroxylation sites is 1. The summed E-state index contributed by atoms with van der Waals surface area (Å²) in [5, 5.41) is 0. The molecule has 0 N–H and O–H groups in total. The molecule has 3 heteroatoms. The number of carbonyl (C=O) groups excluding carboxylic acids is 2. The van der Waals surface area contributed by atoms with E-state index in [0.717, 1.165) is 0 Å². The lowest BCUT2D eigenvalue weighted by Crippen LogP contribution is -2.63. The van der Waals surface area contributed by atoms with Crippen molar-refractivity contribution in [2.24, 2.45) is 34.5 Å². The number of hydrogen-bond donors (Lipinski definition) is 0. The van der Waals surface area contributed by atoms with Crippen LogP contribution in [0.5, 0.6) is 0 Å². The normalized spacial score (nSPS) is 41.4. The molecule has 1 aliphatic heterocycles. The van der Waals surface area contributed by atoms with Gasteiger partial charge in [-0.3, -0.25) is 9.59 Å². The summed E-state index contributed by atoms with van der Waals surface area (Å²) in [7, 11) is 0. The number of benzene rings is 1. The topological polar surface area (TPSA) is 37.4 Å². The van der Waals surface area contributed by atoms with Crippen LogP contribution in [0.1, 0.15) is 12.8 Å². The maximum atomic E-state index is 13.9. The minimum absolute atomic E-state index is 0.0295. The van der Waals surface area contributed by atoms with Crippen LogP contribution in [0.3, 0.4) is 0 Å². The van der Waals surface area contributed by atoms with Crippen LogP contribution in [0.25, 0.3) is 0 Å². The molecule has 6 atom stereocenters. The van der Waals surface area contributed by atoms with Gasteiger partial charge in [0.2, 0.25) is 11.8 Å². The van der Waals surface area contributed by atoms with Gasteiger partial charge in [-0.15, -0.1) is 13.2 Å². The Hall–Kier alpha value is -2.68. The standard InChI is InChI=1S/C24H23NO2/c1-3-17-18(4-2)20-13-12-19(17)23-14-8-9-15-24(20,23)22(27)25(21(23)26)16-10-6-5-7-11-16/h3-13,17-20H,1-2,14-15H2/t17-,18+,19-,20+,23+,24-. The van der Waals surface area contributed by atoms with Gasteiger partial charge in [-0.2, -0.15) is 0 Å². The van der Waals surface area contributed by atoms with Gasteiger partial charge in [-0.05, 0) is 48.6 Å². The first-order valence-electron chi connectivity index (χ1n) is 9.66. The average molecular weight is 357 g/mol. The highest BCUT2D eigenvalue weighted by atomic mass is 16.2. The highest BCUT2D eigenvalue weighted by Gasteiger charge is 2.78. The van der Waals surface area contributed by atoms with Gasteiger partial charge >= 0.3 is 0 Å². The van der Waals surface area contributed by atoms with Gasteiger partial charge in [0.15, 0.2) is 0 Å². The predicted molar refractivity (Wildman–Crippen MR) is 106 cm³/mol. The zero-order chi connectivity index (χ0) is 18.8. The Kier molecular flexibility index (Phi) is 3.31. The third kappa shape index (κ3) is 1.64. The zero-order valence-electron chi connectivity index (χ0n) is 15.3. The number of nitrogens with zero attached hydrogens (tertiary/aromatic N) is 1. The molecule has 1 saturated carbocycles. The molecule has 1 saturated heterocycles. The molecule has 2 fully saturated rings. The van der Waals surface area contributed by atoms with Crippen molar-refractivity contribution in [1.29, 1.82) is 0 Å². The van der Waals surface area contributed by atoms with E-state index < -0.39 is 10.8 Å². The number of rotatable bonds is 3. The number of allylic oxidation sites excluding steroid dienone is 6. The Morgan fingerprint density at radius 3 is 1.78 bits per heavy atom. The number of fused-ring (bicyclic) bond motifs is 1. The quantitative estimate of drug-likeness (QED) is 0.597. The van der Waals surface area contributed by atoms with Crippen molar-refractivity contribution in [3.63, 3.8) is 0 Å². The van der Waals surface area contributed by atoms with Crippen molar-refractivity contribution >= 4 is 17.5 Å². The van der Waals surface area contributed by atoms with Crippen molar-refractivity contribution in [3.8, 4) is 0 Å². The van der Waals surface area contributed by atoms with E-state index in [1.807, 2.05) is 42.5 Å². The summed E-state index contributed by atoms with van der Waals surface area (Å²) in [5.74, 6) is 0.110. The summed E-state index contributed by atoms with van der Waals surface area (Å²) in [4.78, 5) is 29.3. The smallest absolute Gasteiger partial charge is 0.242 e. The second kappa shape index (κ2) is 5.41. The average Bonchev–Trinajstić information content (AvgIpc) is 2.94. The summed E-state index contributed by atoms with van der Waals surface area (Å²) in [5.41, 5.74) is -0.758. The van der Waals surface area contributed by atoms with E-state index in [0.29, 0.717) is 18.5 Å². The Bertz CT molecular complexity index is 860. The fourth-order valence-electron chi connectivity index (χ4n) is 6.48. The fourth-order valence-corrected chi connectivity index (χ4v) is 6.48. The van der Waals surface area contributed by atoms with Crippen molar-refractivity contribution in [2.45, 2.75) is 12.8 Å². The molecule has 6 rings (SSSR count). The number of anilines is 1. The van der Waals surface area contributed by atoms with Crippen LogP contribution < -0.4 is 4.90 Å². The van der Waals surface area contributed by atoms with Crippen LogP contribution in [0.4, 0.5) is 5.69 Å². The SMILES string of the molecule is C=C[C@@H]1[C@H](C=C)[C@@H]2C=C[C@H]1[C@]13CC=CC[C@]21C(=O)N(c1ccccc1)C3=O. The van der Waals surface area contributed by atoms with Crippen LogP contribution in [0, 0.1) is 34.5 Å². The lowest BCUT2D eigenvalue weighted by Gasteiger charge is -2.61. The summed E-state index contributed by atoms with van der Waals surface area (Å²) < 4.78 is 0. The first-order valence-corrected chi connectivity index (χ1v) is 9.66. The van der Waals surface area contributed by atoms with Crippen molar-refractivity contribution in [3.05, 3.63) is 79.9 Å².